The molecule has 5 nitrogen and oxygen atoms in total. The molecule has 0 atom stereocenters. The molecule has 0 saturated carbocycles. The second-order valence-electron chi connectivity index (χ2n) is 4.59. The monoisotopic (exact) mass is 245 g/mol. The molecule has 0 aliphatic heterocycles. The number of nitrogens with one attached hydrogen (secondary N) is 2. The Balaban J connectivity index is 2.04. The first-order valence-electron chi connectivity index (χ1n) is 6.22. The van der Waals surface area contributed by atoms with Gasteiger partial charge in [-0.2, -0.15) is 0 Å². The minimum atomic E-state index is 0.502. The van der Waals surface area contributed by atoms with Crippen molar-refractivity contribution in [2.45, 2.75) is 33.2 Å². The van der Waals surface area contributed by atoms with Crippen LogP contribution in [-0.4, -0.2) is 32.5 Å². The third-order valence-corrected chi connectivity index (χ3v) is 2.68. The lowest BCUT2D eigenvalue weighted by atomic mass is 10.2. The molecule has 0 unspecified atom stereocenters. The molecular weight excluding hydrogens is 226 g/mol. The van der Waals surface area contributed by atoms with Crippen molar-refractivity contribution >= 4 is 0 Å². The van der Waals surface area contributed by atoms with E-state index < -0.39 is 0 Å². The highest BCUT2D eigenvalue weighted by molar-refractivity contribution is 5.55. The summed E-state index contributed by atoms with van der Waals surface area (Å²) in [6, 6.07) is 0.502. The third-order valence-electron chi connectivity index (χ3n) is 2.68. The van der Waals surface area contributed by atoms with Gasteiger partial charge in [-0.25, -0.2) is 4.98 Å². The topological polar surface area (TPSA) is 66.5 Å². The summed E-state index contributed by atoms with van der Waals surface area (Å²) in [5.74, 6) is 0.975. The number of aromatic amines is 1. The normalized spacial score (nSPS) is 11.1. The average Bonchev–Trinajstić information content (AvgIpc) is 2.78. The summed E-state index contributed by atoms with van der Waals surface area (Å²) < 4.78 is 0. The molecule has 0 spiro atoms. The Bertz CT molecular complexity index is 504. The summed E-state index contributed by atoms with van der Waals surface area (Å²) in [6.45, 7) is 7.14. The maximum atomic E-state index is 4.37. The maximum Gasteiger partial charge on any atom is 0.109 e. The van der Waals surface area contributed by atoms with Crippen LogP contribution in [0.1, 0.15) is 25.4 Å². The highest BCUT2D eigenvalue weighted by atomic mass is 15.0. The standard InChI is InChI=1S/C13H19N5/c1-9(2)14-5-4-12-17-8-11(18-12)13-10(3)15-6-7-16-13/h6-9,14H,4-5H2,1-3H3,(H,17,18). The van der Waals surface area contributed by atoms with Gasteiger partial charge in [-0.1, -0.05) is 13.8 Å². The zero-order valence-electron chi connectivity index (χ0n) is 11.1. The molecule has 5 heteroatoms. The SMILES string of the molecule is Cc1nccnc1-c1cnc(CCNC(C)C)[nH]1. The number of nitrogens with zero attached hydrogens (tertiary/aromatic N) is 3. The van der Waals surface area contributed by atoms with Crippen molar-refractivity contribution in [2.24, 2.45) is 0 Å². The van der Waals surface area contributed by atoms with Crippen LogP contribution in [0.3, 0.4) is 0 Å². The van der Waals surface area contributed by atoms with E-state index in [0.717, 1.165) is 35.9 Å². The van der Waals surface area contributed by atoms with Crippen LogP contribution in [-0.2, 0) is 6.42 Å². The van der Waals surface area contributed by atoms with Crippen LogP contribution >= 0.6 is 0 Å². The van der Waals surface area contributed by atoms with E-state index in [4.69, 9.17) is 0 Å². The molecule has 18 heavy (non-hydrogen) atoms. The highest BCUT2D eigenvalue weighted by Crippen LogP contribution is 2.16. The fourth-order valence-electron chi connectivity index (χ4n) is 1.76. The van der Waals surface area contributed by atoms with Crippen molar-refractivity contribution in [1.82, 2.24) is 25.3 Å². The van der Waals surface area contributed by atoms with Gasteiger partial charge in [0.2, 0.25) is 0 Å². The lowest BCUT2D eigenvalue weighted by Crippen LogP contribution is -2.25. The Morgan fingerprint density at radius 2 is 2.00 bits per heavy atom. The minimum Gasteiger partial charge on any atom is -0.341 e. The van der Waals surface area contributed by atoms with Gasteiger partial charge in [0, 0.05) is 31.4 Å². The lowest BCUT2D eigenvalue weighted by Gasteiger charge is -2.05. The number of imidazole rings is 1. The van der Waals surface area contributed by atoms with Crippen LogP contribution < -0.4 is 5.32 Å². The van der Waals surface area contributed by atoms with Crippen molar-refractivity contribution in [3.8, 4) is 11.4 Å². The summed E-state index contributed by atoms with van der Waals surface area (Å²) in [7, 11) is 0. The molecule has 0 aliphatic carbocycles. The first-order valence-corrected chi connectivity index (χ1v) is 6.22. The van der Waals surface area contributed by atoms with Crippen molar-refractivity contribution in [2.75, 3.05) is 6.54 Å². The first-order chi connectivity index (χ1) is 8.66. The fourth-order valence-corrected chi connectivity index (χ4v) is 1.76. The zero-order valence-corrected chi connectivity index (χ0v) is 11.1. The van der Waals surface area contributed by atoms with Crippen molar-refractivity contribution < 1.29 is 0 Å². The molecule has 96 valence electrons. The van der Waals surface area contributed by atoms with E-state index in [-0.39, 0.29) is 0 Å². The number of hydrogen-bond acceptors (Lipinski definition) is 4. The van der Waals surface area contributed by atoms with Crippen molar-refractivity contribution in [3.63, 3.8) is 0 Å². The van der Waals surface area contributed by atoms with Crippen molar-refractivity contribution in [1.29, 1.82) is 0 Å². The zero-order chi connectivity index (χ0) is 13.0. The summed E-state index contributed by atoms with van der Waals surface area (Å²) in [6.07, 6.45) is 6.10. The molecule has 0 amide bonds. The smallest absolute Gasteiger partial charge is 0.109 e. The van der Waals surface area contributed by atoms with E-state index in [1.54, 1.807) is 12.4 Å². The quantitative estimate of drug-likeness (QED) is 0.841. The molecule has 2 N–H and O–H groups in total. The summed E-state index contributed by atoms with van der Waals surface area (Å²) >= 11 is 0. The molecule has 0 radical (unpaired) electrons. The Morgan fingerprint density at radius 3 is 2.72 bits per heavy atom. The Hall–Kier alpha value is -1.75. The minimum absolute atomic E-state index is 0.502. The average molecular weight is 245 g/mol. The van der Waals surface area contributed by atoms with Gasteiger partial charge in [-0.3, -0.25) is 9.97 Å². The largest absolute Gasteiger partial charge is 0.341 e. The summed E-state index contributed by atoms with van der Waals surface area (Å²) in [5, 5.41) is 3.37. The molecule has 2 aromatic rings. The lowest BCUT2D eigenvalue weighted by molar-refractivity contribution is 0.584. The van der Waals surface area contributed by atoms with Gasteiger partial charge >= 0.3 is 0 Å². The molecule has 0 aromatic carbocycles. The van der Waals surface area contributed by atoms with E-state index in [1.165, 1.54) is 0 Å². The number of rotatable bonds is 5. The Morgan fingerprint density at radius 1 is 1.22 bits per heavy atom. The maximum absolute atomic E-state index is 4.37. The van der Waals surface area contributed by atoms with Crippen LogP contribution in [0.5, 0.6) is 0 Å². The van der Waals surface area contributed by atoms with Gasteiger partial charge < -0.3 is 10.3 Å². The van der Waals surface area contributed by atoms with E-state index in [1.807, 2.05) is 13.1 Å². The molecule has 0 fully saturated rings. The number of aryl methyl sites for hydroxylation is 1. The van der Waals surface area contributed by atoms with Gasteiger partial charge in [0.25, 0.3) is 0 Å². The number of H-pyrrole nitrogens is 1. The van der Waals surface area contributed by atoms with Gasteiger partial charge in [0.05, 0.1) is 17.6 Å². The van der Waals surface area contributed by atoms with Gasteiger partial charge in [0.15, 0.2) is 0 Å². The Labute approximate surface area is 107 Å². The molecular formula is C13H19N5. The van der Waals surface area contributed by atoms with Gasteiger partial charge in [0.1, 0.15) is 11.5 Å². The molecule has 2 aromatic heterocycles. The predicted octanol–water partition coefficient (Wildman–Crippen LogP) is 1.72. The summed E-state index contributed by atoms with van der Waals surface area (Å²) in [5.41, 5.74) is 2.71. The molecule has 2 rings (SSSR count). The number of hydrogen-bond donors (Lipinski definition) is 2. The van der Waals surface area contributed by atoms with E-state index in [0.29, 0.717) is 6.04 Å². The Kier molecular flexibility index (Phi) is 4.04. The second kappa shape index (κ2) is 5.73. The number of aromatic nitrogens is 4. The van der Waals surface area contributed by atoms with E-state index in [9.17, 15) is 0 Å². The van der Waals surface area contributed by atoms with Gasteiger partial charge in [-0.15, -0.1) is 0 Å². The second-order valence-corrected chi connectivity index (χ2v) is 4.59. The van der Waals surface area contributed by atoms with E-state index >= 15 is 0 Å². The first kappa shape index (κ1) is 12.7. The fraction of sp³-hybridized carbons (Fsp3) is 0.462. The molecule has 0 aliphatic rings. The van der Waals surface area contributed by atoms with Crippen LogP contribution in [0.4, 0.5) is 0 Å². The highest BCUT2D eigenvalue weighted by Gasteiger charge is 2.07. The van der Waals surface area contributed by atoms with Crippen LogP contribution in [0.25, 0.3) is 11.4 Å². The molecule has 0 saturated heterocycles. The molecule has 0 bridgehead atoms. The third kappa shape index (κ3) is 3.13. The van der Waals surface area contributed by atoms with Crippen LogP contribution in [0.2, 0.25) is 0 Å². The van der Waals surface area contributed by atoms with Crippen LogP contribution in [0, 0.1) is 6.92 Å². The molecule has 2 heterocycles. The van der Waals surface area contributed by atoms with Gasteiger partial charge in [-0.05, 0) is 6.92 Å². The van der Waals surface area contributed by atoms with Crippen LogP contribution in [0.15, 0.2) is 18.6 Å². The van der Waals surface area contributed by atoms with Crippen molar-refractivity contribution in [3.05, 3.63) is 30.1 Å². The predicted molar refractivity (Wildman–Crippen MR) is 71.2 cm³/mol. The van der Waals surface area contributed by atoms with E-state index in [2.05, 4.69) is 39.1 Å². The summed E-state index contributed by atoms with van der Waals surface area (Å²) in [4.78, 5) is 16.2.